The van der Waals surface area contributed by atoms with Gasteiger partial charge < -0.3 is 4.90 Å². The summed E-state index contributed by atoms with van der Waals surface area (Å²) >= 11 is 3.41. The number of aromatic nitrogens is 3. The summed E-state index contributed by atoms with van der Waals surface area (Å²) in [5, 5.41) is 5.17. The van der Waals surface area contributed by atoms with Gasteiger partial charge in [0, 0.05) is 31.3 Å². The monoisotopic (exact) mass is 324 g/mol. The zero-order chi connectivity index (χ0) is 13.7. The molecule has 0 atom stereocenters. The molecule has 0 bridgehead atoms. The molecule has 0 aliphatic heterocycles. The third kappa shape index (κ3) is 3.32. The molecule has 0 saturated heterocycles. The van der Waals surface area contributed by atoms with Crippen LogP contribution in [0.25, 0.3) is 5.52 Å². The summed E-state index contributed by atoms with van der Waals surface area (Å²) in [6.45, 7) is 0.767. The van der Waals surface area contributed by atoms with Crippen molar-refractivity contribution in [2.24, 2.45) is 0 Å². The largest absolute Gasteiger partial charge is 0.342 e. The molecule has 0 aromatic carbocycles. The number of carbonyl (C=O) groups is 1. The number of hydrogen-bond donors (Lipinski definition) is 0. The Labute approximate surface area is 120 Å². The normalized spacial score (nSPS) is 10.8. The molecule has 19 heavy (non-hydrogen) atoms. The molecule has 0 aliphatic rings. The number of amides is 1. The van der Waals surface area contributed by atoms with Crippen molar-refractivity contribution >= 4 is 27.4 Å². The number of unbranched alkanes of at least 4 members (excludes halogenated alkanes) is 2. The van der Waals surface area contributed by atoms with E-state index in [2.05, 4.69) is 26.0 Å². The molecule has 0 spiro atoms. The summed E-state index contributed by atoms with van der Waals surface area (Å²) in [5.41, 5.74) is 1.36. The maximum absolute atomic E-state index is 12.3. The van der Waals surface area contributed by atoms with Crippen LogP contribution in [0.2, 0.25) is 0 Å². The van der Waals surface area contributed by atoms with Gasteiger partial charge in [0.25, 0.3) is 5.91 Å². The Morgan fingerprint density at radius 3 is 3.00 bits per heavy atom. The lowest BCUT2D eigenvalue weighted by Crippen LogP contribution is -2.27. The van der Waals surface area contributed by atoms with E-state index >= 15 is 0 Å². The smallest absolute Gasteiger partial charge is 0.257 e. The number of halogens is 1. The van der Waals surface area contributed by atoms with Crippen molar-refractivity contribution in [2.75, 3.05) is 18.9 Å². The first kappa shape index (κ1) is 14.0. The van der Waals surface area contributed by atoms with Gasteiger partial charge in [-0.3, -0.25) is 9.78 Å². The Kier molecular flexibility index (Phi) is 4.90. The maximum Gasteiger partial charge on any atom is 0.257 e. The first-order chi connectivity index (χ1) is 9.24. The Morgan fingerprint density at radius 2 is 2.21 bits per heavy atom. The molecule has 5 nitrogen and oxygen atoms in total. The zero-order valence-electron chi connectivity index (χ0n) is 10.9. The molecular formula is C13H17BrN4O. The quantitative estimate of drug-likeness (QED) is 0.605. The van der Waals surface area contributed by atoms with Crippen LogP contribution in [0.1, 0.15) is 29.6 Å². The molecule has 2 aromatic heterocycles. The van der Waals surface area contributed by atoms with Crippen LogP contribution < -0.4 is 0 Å². The minimum absolute atomic E-state index is 0.00171. The van der Waals surface area contributed by atoms with Gasteiger partial charge in [0.15, 0.2) is 0 Å². The second-order valence-corrected chi connectivity index (χ2v) is 5.23. The van der Waals surface area contributed by atoms with Crippen LogP contribution in [0.5, 0.6) is 0 Å². The van der Waals surface area contributed by atoms with Gasteiger partial charge in [-0.1, -0.05) is 22.4 Å². The van der Waals surface area contributed by atoms with Crippen LogP contribution in [0.3, 0.4) is 0 Å². The van der Waals surface area contributed by atoms with Crippen LogP contribution >= 0.6 is 15.9 Å². The van der Waals surface area contributed by atoms with Gasteiger partial charge in [0.1, 0.15) is 0 Å². The predicted molar refractivity (Wildman–Crippen MR) is 77.6 cm³/mol. The highest BCUT2D eigenvalue weighted by Gasteiger charge is 2.16. The van der Waals surface area contributed by atoms with Crippen molar-refractivity contribution in [2.45, 2.75) is 19.3 Å². The van der Waals surface area contributed by atoms with Gasteiger partial charge in [-0.2, -0.15) is 5.10 Å². The SMILES string of the molecule is CN(CCCCCBr)C(=O)c1cnn2ccncc12. The lowest BCUT2D eigenvalue weighted by atomic mass is 10.2. The minimum Gasteiger partial charge on any atom is -0.342 e. The number of alkyl halides is 1. The summed E-state index contributed by atoms with van der Waals surface area (Å²) in [5.74, 6) is 0.00171. The van der Waals surface area contributed by atoms with Crippen molar-refractivity contribution in [3.8, 4) is 0 Å². The summed E-state index contributed by atoms with van der Waals surface area (Å²) in [6.07, 6.45) is 9.95. The van der Waals surface area contributed by atoms with E-state index in [1.54, 1.807) is 34.2 Å². The fourth-order valence-corrected chi connectivity index (χ4v) is 2.32. The van der Waals surface area contributed by atoms with Crippen LogP contribution in [0.4, 0.5) is 0 Å². The molecule has 0 radical (unpaired) electrons. The average Bonchev–Trinajstić information content (AvgIpc) is 2.86. The Balaban J connectivity index is 2.02. The van der Waals surface area contributed by atoms with Gasteiger partial charge in [0.2, 0.25) is 0 Å². The standard InChI is InChI=1S/C13H17BrN4O/c1-17(7-4-2-3-5-14)13(19)11-9-16-18-8-6-15-10-12(11)18/h6,8-10H,2-5,7H2,1H3. The van der Waals surface area contributed by atoms with E-state index in [9.17, 15) is 4.79 Å². The van der Waals surface area contributed by atoms with Gasteiger partial charge in [-0.15, -0.1) is 0 Å². The number of nitrogens with zero attached hydrogens (tertiary/aromatic N) is 4. The van der Waals surface area contributed by atoms with Crippen molar-refractivity contribution in [3.05, 3.63) is 30.4 Å². The van der Waals surface area contributed by atoms with E-state index in [0.717, 1.165) is 36.7 Å². The summed E-state index contributed by atoms with van der Waals surface area (Å²) < 4.78 is 1.67. The van der Waals surface area contributed by atoms with Crippen molar-refractivity contribution in [3.63, 3.8) is 0 Å². The highest BCUT2D eigenvalue weighted by Crippen LogP contribution is 2.11. The molecule has 0 saturated carbocycles. The van der Waals surface area contributed by atoms with Crippen LogP contribution in [-0.2, 0) is 0 Å². The molecule has 0 fully saturated rings. The average molecular weight is 325 g/mol. The number of fused-ring (bicyclic) bond motifs is 1. The second kappa shape index (κ2) is 6.65. The molecule has 2 aromatic rings. The number of carbonyl (C=O) groups excluding carboxylic acids is 1. The summed E-state index contributed by atoms with van der Waals surface area (Å²) in [7, 11) is 1.83. The van der Waals surface area contributed by atoms with Gasteiger partial charge >= 0.3 is 0 Å². The molecule has 0 aliphatic carbocycles. The predicted octanol–water partition coefficient (Wildman–Crippen LogP) is 2.37. The molecule has 0 N–H and O–H groups in total. The molecule has 2 rings (SSSR count). The van der Waals surface area contributed by atoms with Crippen LogP contribution in [0.15, 0.2) is 24.8 Å². The fraction of sp³-hybridized carbons (Fsp3) is 0.462. The van der Waals surface area contributed by atoms with E-state index in [0.29, 0.717) is 5.56 Å². The zero-order valence-corrected chi connectivity index (χ0v) is 12.5. The Hall–Kier alpha value is -1.43. The highest BCUT2D eigenvalue weighted by atomic mass is 79.9. The first-order valence-electron chi connectivity index (χ1n) is 6.33. The highest BCUT2D eigenvalue weighted by molar-refractivity contribution is 9.09. The third-order valence-corrected chi connectivity index (χ3v) is 3.59. The molecular weight excluding hydrogens is 308 g/mol. The van der Waals surface area contributed by atoms with Gasteiger partial charge in [0.05, 0.1) is 23.5 Å². The van der Waals surface area contributed by atoms with Gasteiger partial charge in [-0.05, 0) is 12.8 Å². The fourth-order valence-electron chi connectivity index (χ4n) is 1.93. The maximum atomic E-state index is 12.3. The lowest BCUT2D eigenvalue weighted by molar-refractivity contribution is 0.0794. The van der Waals surface area contributed by atoms with E-state index in [-0.39, 0.29) is 5.91 Å². The second-order valence-electron chi connectivity index (χ2n) is 4.44. The summed E-state index contributed by atoms with van der Waals surface area (Å²) in [6, 6.07) is 0. The molecule has 6 heteroatoms. The van der Waals surface area contributed by atoms with Crippen LogP contribution in [-0.4, -0.2) is 44.3 Å². The van der Waals surface area contributed by atoms with Crippen molar-refractivity contribution < 1.29 is 4.79 Å². The topological polar surface area (TPSA) is 50.5 Å². The van der Waals surface area contributed by atoms with Gasteiger partial charge in [-0.25, -0.2) is 4.52 Å². The van der Waals surface area contributed by atoms with Crippen LogP contribution in [0, 0.1) is 0 Å². The van der Waals surface area contributed by atoms with Crippen molar-refractivity contribution in [1.82, 2.24) is 19.5 Å². The van der Waals surface area contributed by atoms with Crippen molar-refractivity contribution in [1.29, 1.82) is 0 Å². The first-order valence-corrected chi connectivity index (χ1v) is 7.45. The van der Waals surface area contributed by atoms with E-state index < -0.39 is 0 Å². The molecule has 2 heterocycles. The summed E-state index contributed by atoms with van der Waals surface area (Å²) in [4.78, 5) is 18.1. The Morgan fingerprint density at radius 1 is 1.37 bits per heavy atom. The van der Waals surface area contributed by atoms with E-state index in [1.165, 1.54) is 0 Å². The van der Waals surface area contributed by atoms with E-state index in [1.807, 2.05) is 7.05 Å². The molecule has 0 unspecified atom stereocenters. The lowest BCUT2D eigenvalue weighted by Gasteiger charge is -2.16. The Bertz CT molecular complexity index is 554. The number of hydrogen-bond acceptors (Lipinski definition) is 3. The number of rotatable bonds is 6. The molecule has 1 amide bonds. The third-order valence-electron chi connectivity index (χ3n) is 3.03. The molecule has 102 valence electrons. The van der Waals surface area contributed by atoms with E-state index in [4.69, 9.17) is 0 Å². The minimum atomic E-state index is 0.00171.